The number of carbonyl (C=O) groups is 3. The summed E-state index contributed by atoms with van der Waals surface area (Å²) in [6, 6.07) is 5.72. The highest BCUT2D eigenvalue weighted by Gasteiger charge is 2.33. The lowest BCUT2D eigenvalue weighted by Crippen LogP contribution is -2.50. The maximum Gasteiger partial charge on any atom is 0.227 e. The van der Waals surface area contributed by atoms with Crippen molar-refractivity contribution in [2.45, 2.75) is 25.7 Å². The van der Waals surface area contributed by atoms with Crippen LogP contribution in [-0.4, -0.2) is 54.2 Å². The molecule has 0 spiro atoms. The van der Waals surface area contributed by atoms with Crippen LogP contribution in [0.5, 0.6) is 0 Å². The van der Waals surface area contributed by atoms with E-state index < -0.39 is 0 Å². The van der Waals surface area contributed by atoms with Gasteiger partial charge in [-0.05, 0) is 49.9 Å². The molecule has 2 fully saturated rings. The number of hydrogen-bond donors (Lipinski definition) is 1. The third-order valence-electron chi connectivity index (χ3n) is 5.33. The Morgan fingerprint density at radius 2 is 1.54 bits per heavy atom. The molecule has 1 saturated heterocycles. The minimum absolute atomic E-state index is 0.0346. The number of nitrogens with zero attached hydrogens (tertiary/aromatic N) is 2. The van der Waals surface area contributed by atoms with Gasteiger partial charge in [0.1, 0.15) is 5.82 Å². The van der Waals surface area contributed by atoms with Crippen molar-refractivity contribution in [2.24, 2.45) is 11.8 Å². The zero-order valence-electron chi connectivity index (χ0n) is 14.7. The number of benzene rings is 1. The number of halogens is 1. The summed E-state index contributed by atoms with van der Waals surface area (Å²) in [6.45, 7) is 2.35. The Balaban J connectivity index is 1.46. The fourth-order valence-electron chi connectivity index (χ4n) is 3.69. The first-order chi connectivity index (χ1) is 12.6. The van der Waals surface area contributed by atoms with E-state index in [2.05, 4.69) is 5.32 Å². The summed E-state index contributed by atoms with van der Waals surface area (Å²) >= 11 is 0. The Morgan fingerprint density at radius 1 is 0.962 bits per heavy atom. The number of amides is 3. The molecule has 0 bridgehead atoms. The molecule has 1 heterocycles. The van der Waals surface area contributed by atoms with Crippen molar-refractivity contribution in [3.63, 3.8) is 0 Å². The second kappa shape index (κ2) is 8.29. The van der Waals surface area contributed by atoms with Gasteiger partial charge in [-0.2, -0.15) is 0 Å². The van der Waals surface area contributed by atoms with Gasteiger partial charge in [0.15, 0.2) is 0 Å². The highest BCUT2D eigenvalue weighted by atomic mass is 19.1. The fourth-order valence-corrected chi connectivity index (χ4v) is 3.69. The van der Waals surface area contributed by atoms with E-state index in [9.17, 15) is 18.8 Å². The van der Waals surface area contributed by atoms with Gasteiger partial charge in [0, 0.05) is 43.7 Å². The number of carbonyl (C=O) groups excluding carboxylic acids is 3. The number of nitrogens with one attached hydrogen (secondary N) is 1. The molecule has 0 atom stereocenters. The molecule has 0 unspecified atom stereocenters. The largest absolute Gasteiger partial charge is 0.342 e. The maximum atomic E-state index is 12.9. The molecule has 1 aliphatic carbocycles. The van der Waals surface area contributed by atoms with Gasteiger partial charge in [0.05, 0.1) is 0 Å². The molecule has 1 aliphatic heterocycles. The van der Waals surface area contributed by atoms with Gasteiger partial charge in [-0.1, -0.05) is 0 Å². The van der Waals surface area contributed by atoms with Crippen molar-refractivity contribution in [2.75, 3.05) is 31.5 Å². The van der Waals surface area contributed by atoms with Crippen LogP contribution in [0.4, 0.5) is 10.1 Å². The number of anilines is 1. The Hall–Kier alpha value is -2.44. The molecular formula is C19H24FN3O3. The van der Waals surface area contributed by atoms with E-state index >= 15 is 0 Å². The highest BCUT2D eigenvalue weighted by molar-refractivity contribution is 5.92. The molecule has 1 aromatic rings. The lowest BCUT2D eigenvalue weighted by atomic mass is 9.80. The molecule has 3 rings (SSSR count). The lowest BCUT2D eigenvalue weighted by molar-refractivity contribution is -0.140. The van der Waals surface area contributed by atoms with Gasteiger partial charge in [-0.25, -0.2) is 4.39 Å². The molecule has 1 saturated carbocycles. The van der Waals surface area contributed by atoms with Crippen molar-refractivity contribution in [3.05, 3.63) is 30.1 Å². The zero-order chi connectivity index (χ0) is 18.5. The van der Waals surface area contributed by atoms with Gasteiger partial charge in [0.2, 0.25) is 18.2 Å². The van der Waals surface area contributed by atoms with E-state index in [1.807, 2.05) is 4.90 Å². The second-order valence-electron chi connectivity index (χ2n) is 7.01. The predicted octanol–water partition coefficient (Wildman–Crippen LogP) is 1.87. The molecule has 6 nitrogen and oxygen atoms in total. The van der Waals surface area contributed by atoms with E-state index in [1.165, 1.54) is 12.1 Å². The van der Waals surface area contributed by atoms with Gasteiger partial charge in [-0.15, -0.1) is 0 Å². The molecule has 26 heavy (non-hydrogen) atoms. The molecule has 7 heteroatoms. The van der Waals surface area contributed by atoms with Crippen LogP contribution in [0.25, 0.3) is 0 Å². The average molecular weight is 361 g/mol. The van der Waals surface area contributed by atoms with Crippen molar-refractivity contribution in [3.8, 4) is 0 Å². The van der Waals surface area contributed by atoms with E-state index in [4.69, 9.17) is 0 Å². The Kier molecular flexibility index (Phi) is 5.85. The van der Waals surface area contributed by atoms with E-state index in [1.54, 1.807) is 17.0 Å². The summed E-state index contributed by atoms with van der Waals surface area (Å²) in [5.41, 5.74) is 0.586. The Bertz CT molecular complexity index is 648. The number of piperazine rings is 1. The average Bonchev–Trinajstić information content (AvgIpc) is 2.69. The number of hydrogen-bond acceptors (Lipinski definition) is 3. The van der Waals surface area contributed by atoms with Crippen LogP contribution in [0.2, 0.25) is 0 Å². The first-order valence-corrected chi connectivity index (χ1v) is 9.11. The molecule has 1 aromatic carbocycles. The van der Waals surface area contributed by atoms with E-state index in [-0.39, 0.29) is 29.5 Å². The van der Waals surface area contributed by atoms with Crippen molar-refractivity contribution < 1.29 is 18.8 Å². The van der Waals surface area contributed by atoms with Crippen LogP contribution < -0.4 is 5.32 Å². The van der Waals surface area contributed by atoms with Crippen molar-refractivity contribution in [1.29, 1.82) is 0 Å². The van der Waals surface area contributed by atoms with Crippen molar-refractivity contribution in [1.82, 2.24) is 9.80 Å². The Labute approximate surface area is 152 Å². The maximum absolute atomic E-state index is 12.9. The molecule has 3 amide bonds. The van der Waals surface area contributed by atoms with Gasteiger partial charge < -0.3 is 15.1 Å². The van der Waals surface area contributed by atoms with Crippen LogP contribution >= 0.6 is 0 Å². The SMILES string of the molecule is O=CN1CCN(C(=O)C2CCC(C(=O)Nc3ccc(F)cc3)CC2)CC1. The summed E-state index contributed by atoms with van der Waals surface area (Å²) < 4.78 is 12.9. The quantitative estimate of drug-likeness (QED) is 0.833. The lowest BCUT2D eigenvalue weighted by Gasteiger charge is -2.36. The smallest absolute Gasteiger partial charge is 0.227 e. The van der Waals surface area contributed by atoms with Gasteiger partial charge in [-0.3, -0.25) is 14.4 Å². The minimum Gasteiger partial charge on any atom is -0.342 e. The third-order valence-corrected chi connectivity index (χ3v) is 5.33. The monoisotopic (exact) mass is 361 g/mol. The summed E-state index contributed by atoms with van der Waals surface area (Å²) in [4.78, 5) is 39.3. The van der Waals surface area contributed by atoms with Crippen LogP contribution in [0.3, 0.4) is 0 Å². The van der Waals surface area contributed by atoms with Gasteiger partial charge >= 0.3 is 0 Å². The van der Waals surface area contributed by atoms with Gasteiger partial charge in [0.25, 0.3) is 0 Å². The fraction of sp³-hybridized carbons (Fsp3) is 0.526. The molecule has 2 aliphatic rings. The molecular weight excluding hydrogens is 337 g/mol. The number of rotatable bonds is 4. The molecule has 0 radical (unpaired) electrons. The summed E-state index contributed by atoms with van der Waals surface area (Å²) in [5, 5.41) is 2.82. The van der Waals surface area contributed by atoms with Crippen LogP contribution in [0, 0.1) is 17.7 Å². The van der Waals surface area contributed by atoms with Crippen molar-refractivity contribution >= 4 is 23.9 Å². The van der Waals surface area contributed by atoms with Crippen LogP contribution in [0.15, 0.2) is 24.3 Å². The normalized spacial score (nSPS) is 23.4. The standard InChI is InChI=1S/C19H24FN3O3/c20-16-5-7-17(8-6-16)21-18(25)14-1-3-15(4-2-14)19(26)23-11-9-22(13-24)10-12-23/h5-8,13-15H,1-4,9-12H2,(H,21,25). The first-order valence-electron chi connectivity index (χ1n) is 9.11. The molecule has 140 valence electrons. The topological polar surface area (TPSA) is 69.7 Å². The van der Waals surface area contributed by atoms with Crippen LogP contribution in [-0.2, 0) is 14.4 Å². The zero-order valence-corrected chi connectivity index (χ0v) is 14.7. The summed E-state index contributed by atoms with van der Waals surface area (Å²) in [7, 11) is 0. The summed E-state index contributed by atoms with van der Waals surface area (Å²) in [5.74, 6) is -0.408. The molecule has 1 N–H and O–H groups in total. The first kappa shape index (κ1) is 18.4. The highest BCUT2D eigenvalue weighted by Crippen LogP contribution is 2.31. The summed E-state index contributed by atoms with van der Waals surface area (Å²) in [6.07, 6.45) is 3.59. The minimum atomic E-state index is -0.337. The van der Waals surface area contributed by atoms with E-state index in [0.717, 1.165) is 6.41 Å². The molecule has 0 aromatic heterocycles. The predicted molar refractivity (Wildman–Crippen MR) is 94.7 cm³/mol. The van der Waals surface area contributed by atoms with E-state index in [0.29, 0.717) is 57.5 Å². The Morgan fingerprint density at radius 3 is 2.12 bits per heavy atom. The second-order valence-corrected chi connectivity index (χ2v) is 7.01. The van der Waals surface area contributed by atoms with Crippen LogP contribution in [0.1, 0.15) is 25.7 Å². The third kappa shape index (κ3) is 4.39.